The number of nitrogens with one attached hydrogen (secondary N) is 3. The number of sulfonamides is 1. The van der Waals surface area contributed by atoms with Crippen LogP contribution in [0.2, 0.25) is 0 Å². The van der Waals surface area contributed by atoms with Crippen molar-refractivity contribution in [3.8, 4) is 0 Å². The highest BCUT2D eigenvalue weighted by molar-refractivity contribution is 9.10. The molecular formula is C12H14BrFN4O2S. The van der Waals surface area contributed by atoms with Crippen molar-refractivity contribution in [1.82, 2.24) is 15.5 Å². The van der Waals surface area contributed by atoms with Crippen LogP contribution in [0.15, 0.2) is 27.6 Å². The first-order valence-electron chi connectivity index (χ1n) is 6.01. The van der Waals surface area contributed by atoms with Crippen molar-refractivity contribution in [1.29, 1.82) is 0 Å². The number of nitrogens with zero attached hydrogens (tertiary/aromatic N) is 1. The second-order valence-electron chi connectivity index (χ2n) is 4.39. The molecule has 0 aliphatic carbocycles. The van der Waals surface area contributed by atoms with Crippen molar-refractivity contribution < 1.29 is 12.8 Å². The van der Waals surface area contributed by atoms with E-state index in [2.05, 4.69) is 36.2 Å². The highest BCUT2D eigenvalue weighted by Gasteiger charge is 2.24. The van der Waals surface area contributed by atoms with Gasteiger partial charge in [0, 0.05) is 6.54 Å². The molecule has 0 radical (unpaired) electrons. The van der Waals surface area contributed by atoms with Gasteiger partial charge < -0.3 is 5.32 Å². The van der Waals surface area contributed by atoms with Crippen LogP contribution in [0, 0.1) is 12.7 Å². The second kappa shape index (κ2) is 6.12. The van der Waals surface area contributed by atoms with Crippen molar-refractivity contribution in [3.63, 3.8) is 0 Å². The van der Waals surface area contributed by atoms with E-state index in [-0.39, 0.29) is 15.1 Å². The summed E-state index contributed by atoms with van der Waals surface area (Å²) in [4.78, 5) is 0.0947. The van der Waals surface area contributed by atoms with E-state index < -0.39 is 15.8 Å². The topological polar surface area (TPSA) is 86.9 Å². The Morgan fingerprint density at radius 1 is 1.43 bits per heavy atom. The van der Waals surface area contributed by atoms with Crippen LogP contribution in [-0.2, 0) is 16.6 Å². The van der Waals surface area contributed by atoms with Crippen LogP contribution in [0.1, 0.15) is 11.4 Å². The van der Waals surface area contributed by atoms with Gasteiger partial charge in [-0.15, -0.1) is 0 Å². The van der Waals surface area contributed by atoms with Gasteiger partial charge in [-0.1, -0.05) is 0 Å². The third-order valence-electron chi connectivity index (χ3n) is 2.75. The summed E-state index contributed by atoms with van der Waals surface area (Å²) in [5.41, 5.74) is 1.09. The van der Waals surface area contributed by atoms with Crippen molar-refractivity contribution >= 4 is 31.6 Å². The molecular weight excluding hydrogens is 363 g/mol. The van der Waals surface area contributed by atoms with Crippen molar-refractivity contribution in [3.05, 3.63) is 39.9 Å². The van der Waals surface area contributed by atoms with Crippen molar-refractivity contribution in [2.24, 2.45) is 0 Å². The highest BCUT2D eigenvalue weighted by Crippen LogP contribution is 2.24. The Morgan fingerprint density at radius 3 is 2.76 bits per heavy atom. The van der Waals surface area contributed by atoms with E-state index in [1.165, 1.54) is 18.2 Å². The van der Waals surface area contributed by atoms with Crippen LogP contribution in [0.5, 0.6) is 0 Å². The van der Waals surface area contributed by atoms with Gasteiger partial charge in [0.25, 0.3) is 10.0 Å². The molecule has 0 atom stereocenters. The molecule has 1 aromatic heterocycles. The van der Waals surface area contributed by atoms with E-state index in [1.54, 1.807) is 14.0 Å². The Balaban J connectivity index is 2.38. The number of anilines is 1. The van der Waals surface area contributed by atoms with Gasteiger partial charge in [0.15, 0.2) is 0 Å². The van der Waals surface area contributed by atoms with Gasteiger partial charge in [-0.25, -0.2) is 12.8 Å². The molecule has 6 nitrogen and oxygen atoms in total. The maximum Gasteiger partial charge on any atom is 0.265 e. The van der Waals surface area contributed by atoms with Crippen LogP contribution in [0.3, 0.4) is 0 Å². The summed E-state index contributed by atoms with van der Waals surface area (Å²) in [6.07, 6.45) is 0. The predicted molar refractivity (Wildman–Crippen MR) is 81.0 cm³/mol. The van der Waals surface area contributed by atoms with E-state index in [4.69, 9.17) is 0 Å². The van der Waals surface area contributed by atoms with Crippen LogP contribution in [-0.4, -0.2) is 25.7 Å². The maximum atomic E-state index is 13.2. The lowest BCUT2D eigenvalue weighted by Crippen LogP contribution is -2.17. The first-order chi connectivity index (χ1) is 9.85. The average molecular weight is 377 g/mol. The number of H-pyrrole nitrogens is 1. The van der Waals surface area contributed by atoms with E-state index in [9.17, 15) is 12.8 Å². The Labute approximate surface area is 130 Å². The first kappa shape index (κ1) is 15.9. The molecule has 3 N–H and O–H groups in total. The van der Waals surface area contributed by atoms with Crippen LogP contribution in [0.25, 0.3) is 0 Å². The minimum absolute atomic E-state index is 0.0947. The molecule has 0 unspecified atom stereocenters. The van der Waals surface area contributed by atoms with Crippen LogP contribution < -0.4 is 10.0 Å². The molecule has 0 aliphatic rings. The van der Waals surface area contributed by atoms with Gasteiger partial charge >= 0.3 is 0 Å². The minimum Gasteiger partial charge on any atom is -0.314 e. The first-order valence-corrected chi connectivity index (χ1v) is 8.29. The number of hydrogen-bond donors (Lipinski definition) is 3. The number of rotatable bonds is 5. The monoisotopic (exact) mass is 376 g/mol. The Hall–Kier alpha value is -1.45. The lowest BCUT2D eigenvalue weighted by Gasteiger charge is -2.09. The predicted octanol–water partition coefficient (Wildman–Crippen LogP) is 2.14. The molecule has 0 amide bonds. The summed E-state index contributed by atoms with van der Waals surface area (Å²) < 4.78 is 40.7. The lowest BCUT2D eigenvalue weighted by atomic mass is 10.3. The quantitative estimate of drug-likeness (QED) is 0.745. The summed E-state index contributed by atoms with van der Waals surface area (Å²) >= 11 is 3.02. The smallest absolute Gasteiger partial charge is 0.265 e. The normalized spacial score (nSPS) is 11.6. The molecule has 0 bridgehead atoms. The standard InChI is InChI=1S/C12H14BrFN4O2S/c1-7-12(11(6-15-2)17-16-7)21(19,20)18-8-3-4-10(14)9(13)5-8/h3-5,15,18H,6H2,1-2H3,(H,16,17). The molecule has 0 saturated heterocycles. The molecule has 2 aromatic rings. The second-order valence-corrected chi connectivity index (χ2v) is 6.86. The van der Waals surface area contributed by atoms with Gasteiger partial charge in [-0.05, 0) is 48.1 Å². The number of aromatic nitrogens is 2. The number of aromatic amines is 1. The Morgan fingerprint density at radius 2 is 2.14 bits per heavy atom. The van der Waals surface area contributed by atoms with Crippen LogP contribution in [0.4, 0.5) is 10.1 Å². The van der Waals surface area contributed by atoms with Crippen LogP contribution >= 0.6 is 15.9 Å². The third-order valence-corrected chi connectivity index (χ3v) is 4.94. The molecule has 0 aliphatic heterocycles. The number of hydrogen-bond acceptors (Lipinski definition) is 4. The van der Waals surface area contributed by atoms with Gasteiger partial charge in [0.2, 0.25) is 0 Å². The fraction of sp³-hybridized carbons (Fsp3) is 0.250. The summed E-state index contributed by atoms with van der Waals surface area (Å²) in [6.45, 7) is 1.94. The van der Waals surface area contributed by atoms with Gasteiger partial charge in [-0.2, -0.15) is 5.10 Å². The number of benzene rings is 1. The summed E-state index contributed by atoms with van der Waals surface area (Å²) in [7, 11) is -2.11. The fourth-order valence-corrected chi connectivity index (χ4v) is 3.67. The zero-order chi connectivity index (χ0) is 15.6. The summed E-state index contributed by atoms with van der Waals surface area (Å²) in [6, 6.07) is 3.89. The van der Waals surface area contributed by atoms with Crippen molar-refractivity contribution in [2.75, 3.05) is 11.8 Å². The molecule has 0 saturated carbocycles. The van der Waals surface area contributed by atoms with E-state index in [0.29, 0.717) is 17.9 Å². The van der Waals surface area contributed by atoms with Gasteiger partial charge in [0.05, 0.1) is 21.5 Å². The van der Waals surface area contributed by atoms with E-state index in [1.807, 2.05) is 0 Å². The summed E-state index contributed by atoms with van der Waals surface area (Å²) in [5, 5.41) is 9.48. The molecule has 1 aromatic carbocycles. The lowest BCUT2D eigenvalue weighted by molar-refractivity contribution is 0.598. The highest BCUT2D eigenvalue weighted by atomic mass is 79.9. The van der Waals surface area contributed by atoms with E-state index >= 15 is 0 Å². The van der Waals surface area contributed by atoms with Gasteiger partial charge in [-0.3, -0.25) is 9.82 Å². The average Bonchev–Trinajstić information content (AvgIpc) is 2.76. The minimum atomic E-state index is -3.81. The molecule has 0 fully saturated rings. The zero-order valence-corrected chi connectivity index (χ0v) is 13.8. The molecule has 9 heteroatoms. The number of aryl methyl sites for hydroxylation is 1. The molecule has 1 heterocycles. The molecule has 0 spiro atoms. The largest absolute Gasteiger partial charge is 0.314 e. The zero-order valence-electron chi connectivity index (χ0n) is 11.4. The Bertz CT molecular complexity index is 761. The Kier molecular flexibility index (Phi) is 4.64. The van der Waals surface area contributed by atoms with Crippen molar-refractivity contribution in [2.45, 2.75) is 18.4 Å². The van der Waals surface area contributed by atoms with Gasteiger partial charge in [0.1, 0.15) is 10.7 Å². The molecule has 114 valence electrons. The molecule has 2 rings (SSSR count). The fourth-order valence-electron chi connectivity index (χ4n) is 1.88. The van der Waals surface area contributed by atoms with E-state index in [0.717, 1.165) is 0 Å². The molecule has 21 heavy (non-hydrogen) atoms. The summed E-state index contributed by atoms with van der Waals surface area (Å²) in [5.74, 6) is -0.465. The SMILES string of the molecule is CNCc1n[nH]c(C)c1S(=O)(=O)Nc1ccc(F)c(Br)c1. The maximum absolute atomic E-state index is 13.2. The third kappa shape index (κ3) is 3.42. The number of halogens is 2.